The van der Waals surface area contributed by atoms with Crippen molar-refractivity contribution in [3.05, 3.63) is 22.7 Å². The van der Waals surface area contributed by atoms with Crippen molar-refractivity contribution in [3.63, 3.8) is 0 Å². The van der Waals surface area contributed by atoms with Crippen molar-refractivity contribution in [1.82, 2.24) is 10.1 Å². The molecule has 0 amide bonds. The summed E-state index contributed by atoms with van der Waals surface area (Å²) in [7, 11) is -2.95. The van der Waals surface area contributed by atoms with Crippen LogP contribution in [0.15, 0.2) is 25.7 Å². The summed E-state index contributed by atoms with van der Waals surface area (Å²) in [6.45, 7) is 0. The highest BCUT2D eigenvalue weighted by Crippen LogP contribution is 2.30. The zero-order valence-electron chi connectivity index (χ0n) is 9.17. The van der Waals surface area contributed by atoms with Crippen LogP contribution in [0, 0.1) is 0 Å². The Balaban J connectivity index is 1.86. The van der Waals surface area contributed by atoms with Crippen LogP contribution in [0.4, 0.5) is 0 Å². The number of hydrogen-bond acceptors (Lipinski definition) is 6. The van der Waals surface area contributed by atoms with Gasteiger partial charge in [-0.15, -0.1) is 0 Å². The van der Waals surface area contributed by atoms with Crippen molar-refractivity contribution in [3.8, 4) is 11.6 Å². The van der Waals surface area contributed by atoms with Gasteiger partial charge in [0.25, 0.3) is 0 Å². The molecule has 0 aliphatic carbocycles. The number of sulfone groups is 1. The maximum atomic E-state index is 11.4. The molecule has 1 saturated heterocycles. The molecule has 0 N–H and O–H groups in total. The lowest BCUT2D eigenvalue weighted by molar-refractivity contribution is 0.360. The summed E-state index contributed by atoms with van der Waals surface area (Å²) in [4.78, 5) is 4.18. The van der Waals surface area contributed by atoms with Gasteiger partial charge in [-0.2, -0.15) is 4.98 Å². The second-order valence-corrected chi connectivity index (χ2v) is 7.17. The summed E-state index contributed by atoms with van der Waals surface area (Å²) in [5.41, 5.74) is 0. The maximum Gasteiger partial charge on any atom is 0.238 e. The van der Waals surface area contributed by atoms with Gasteiger partial charge in [-0.3, -0.25) is 0 Å². The van der Waals surface area contributed by atoms with Crippen LogP contribution in [0.25, 0.3) is 11.6 Å². The number of aromatic nitrogens is 2. The van der Waals surface area contributed by atoms with E-state index in [1.54, 1.807) is 12.1 Å². The van der Waals surface area contributed by atoms with Crippen LogP contribution in [0.1, 0.15) is 18.2 Å². The van der Waals surface area contributed by atoms with E-state index >= 15 is 0 Å². The van der Waals surface area contributed by atoms with Crippen molar-refractivity contribution < 1.29 is 17.4 Å². The smallest absolute Gasteiger partial charge is 0.238 e. The van der Waals surface area contributed by atoms with Gasteiger partial charge in [-0.1, -0.05) is 5.16 Å². The minimum absolute atomic E-state index is 0.0798. The Hall–Kier alpha value is -1.15. The third-order valence-corrected chi connectivity index (χ3v) is 5.01. The van der Waals surface area contributed by atoms with E-state index in [0.29, 0.717) is 28.6 Å². The Kier molecular flexibility index (Phi) is 2.78. The van der Waals surface area contributed by atoms with Crippen LogP contribution in [0.3, 0.4) is 0 Å². The highest BCUT2D eigenvalue weighted by Gasteiger charge is 2.33. The van der Waals surface area contributed by atoms with Crippen LogP contribution < -0.4 is 0 Å². The van der Waals surface area contributed by atoms with E-state index < -0.39 is 9.84 Å². The molecule has 3 heterocycles. The average molecular weight is 333 g/mol. The summed E-state index contributed by atoms with van der Waals surface area (Å²) in [6.07, 6.45) is 0.534. The molecule has 1 aliphatic rings. The fourth-order valence-electron chi connectivity index (χ4n) is 1.93. The minimum Gasteiger partial charge on any atom is -0.446 e. The number of nitrogens with zero attached hydrogens (tertiary/aromatic N) is 2. The fraction of sp³-hybridized carbons (Fsp3) is 0.400. The molecule has 0 saturated carbocycles. The van der Waals surface area contributed by atoms with E-state index in [1.165, 1.54) is 0 Å². The summed E-state index contributed by atoms with van der Waals surface area (Å²) < 4.78 is 33.7. The van der Waals surface area contributed by atoms with E-state index in [9.17, 15) is 8.42 Å². The molecule has 0 spiro atoms. The van der Waals surface area contributed by atoms with Crippen LogP contribution in [-0.4, -0.2) is 30.1 Å². The van der Waals surface area contributed by atoms with Crippen LogP contribution in [0.2, 0.25) is 0 Å². The number of hydrogen-bond donors (Lipinski definition) is 0. The molecule has 1 fully saturated rings. The second-order valence-electron chi connectivity index (χ2n) is 4.16. The first-order valence-corrected chi connectivity index (χ1v) is 7.95. The van der Waals surface area contributed by atoms with E-state index in [2.05, 4.69) is 26.1 Å². The molecular weight excluding hydrogens is 324 g/mol. The first-order valence-electron chi connectivity index (χ1n) is 5.33. The van der Waals surface area contributed by atoms with Crippen molar-refractivity contribution in [2.75, 3.05) is 11.5 Å². The van der Waals surface area contributed by atoms with Crippen LogP contribution in [0.5, 0.6) is 0 Å². The first-order chi connectivity index (χ1) is 8.53. The lowest BCUT2D eigenvalue weighted by Gasteiger charge is -1.97. The number of furan rings is 1. The highest BCUT2D eigenvalue weighted by atomic mass is 79.9. The number of rotatable bonds is 2. The Morgan fingerprint density at radius 2 is 2.22 bits per heavy atom. The topological polar surface area (TPSA) is 86.2 Å². The summed E-state index contributed by atoms with van der Waals surface area (Å²) in [6, 6.07) is 3.44. The standard InChI is InChI=1S/C10H9BrN2O4S/c11-8-2-1-7(16-8)9-12-10(17-13-9)6-3-4-18(14,15)5-6/h1-2,6H,3-5H2. The van der Waals surface area contributed by atoms with Crippen molar-refractivity contribution >= 4 is 25.8 Å². The Labute approximate surface area is 111 Å². The molecule has 2 aromatic heterocycles. The quantitative estimate of drug-likeness (QED) is 0.835. The third-order valence-electron chi connectivity index (χ3n) is 2.82. The molecule has 96 valence electrons. The molecule has 2 aromatic rings. The zero-order chi connectivity index (χ0) is 12.8. The molecule has 0 bridgehead atoms. The Bertz CT molecular complexity index is 676. The van der Waals surface area contributed by atoms with Gasteiger partial charge in [-0.25, -0.2) is 8.42 Å². The predicted molar refractivity (Wildman–Crippen MR) is 65.7 cm³/mol. The lowest BCUT2D eigenvalue weighted by atomic mass is 10.1. The van der Waals surface area contributed by atoms with Gasteiger partial charge in [0.15, 0.2) is 20.3 Å². The van der Waals surface area contributed by atoms with Gasteiger partial charge in [0, 0.05) is 0 Å². The third kappa shape index (κ3) is 2.22. The van der Waals surface area contributed by atoms with Gasteiger partial charge in [0.05, 0.1) is 17.4 Å². The molecule has 0 aromatic carbocycles. The monoisotopic (exact) mass is 332 g/mol. The molecule has 3 rings (SSSR count). The molecular formula is C10H9BrN2O4S. The molecule has 1 unspecified atom stereocenters. The summed E-state index contributed by atoms with van der Waals surface area (Å²) >= 11 is 3.19. The lowest BCUT2D eigenvalue weighted by Crippen LogP contribution is -2.03. The minimum atomic E-state index is -2.95. The van der Waals surface area contributed by atoms with Crippen LogP contribution >= 0.6 is 15.9 Å². The van der Waals surface area contributed by atoms with Gasteiger partial charge < -0.3 is 8.94 Å². The van der Waals surface area contributed by atoms with Crippen molar-refractivity contribution in [2.24, 2.45) is 0 Å². The first kappa shape index (κ1) is 11.9. The maximum absolute atomic E-state index is 11.4. The summed E-state index contributed by atoms with van der Waals surface area (Å²) in [5, 5.41) is 3.80. The van der Waals surface area contributed by atoms with Crippen molar-refractivity contribution in [1.29, 1.82) is 0 Å². The Morgan fingerprint density at radius 1 is 1.39 bits per heavy atom. The van der Waals surface area contributed by atoms with Crippen LogP contribution in [-0.2, 0) is 9.84 Å². The van der Waals surface area contributed by atoms with Crippen molar-refractivity contribution in [2.45, 2.75) is 12.3 Å². The van der Waals surface area contributed by atoms with Gasteiger partial charge in [0.2, 0.25) is 11.7 Å². The highest BCUT2D eigenvalue weighted by molar-refractivity contribution is 9.10. The molecule has 1 atom stereocenters. The van der Waals surface area contributed by atoms with Gasteiger partial charge in [0.1, 0.15) is 0 Å². The molecule has 18 heavy (non-hydrogen) atoms. The van der Waals surface area contributed by atoms with E-state index in [4.69, 9.17) is 8.94 Å². The summed E-state index contributed by atoms with van der Waals surface area (Å²) in [5.74, 6) is 1.24. The normalized spacial score (nSPS) is 22.4. The fourth-order valence-corrected chi connectivity index (χ4v) is 3.96. The largest absolute Gasteiger partial charge is 0.446 e. The molecule has 1 aliphatic heterocycles. The molecule has 0 radical (unpaired) electrons. The SMILES string of the molecule is O=S1(=O)CCC(c2nc(-c3ccc(Br)o3)no2)C1. The Morgan fingerprint density at radius 3 is 2.83 bits per heavy atom. The zero-order valence-corrected chi connectivity index (χ0v) is 11.6. The van der Waals surface area contributed by atoms with Gasteiger partial charge >= 0.3 is 0 Å². The second kappa shape index (κ2) is 4.20. The molecule has 8 heteroatoms. The number of halogens is 1. The predicted octanol–water partition coefficient (Wildman–Crippen LogP) is 1.99. The average Bonchev–Trinajstić information content (AvgIpc) is 2.96. The van der Waals surface area contributed by atoms with E-state index in [1.807, 2.05) is 0 Å². The van der Waals surface area contributed by atoms with E-state index in [0.717, 1.165) is 0 Å². The van der Waals surface area contributed by atoms with Gasteiger partial charge in [-0.05, 0) is 34.5 Å². The van der Waals surface area contributed by atoms with E-state index in [-0.39, 0.29) is 17.4 Å². The molecule has 6 nitrogen and oxygen atoms in total.